The Morgan fingerprint density at radius 2 is 2.21 bits per heavy atom. The molecule has 0 fully saturated rings. The summed E-state index contributed by atoms with van der Waals surface area (Å²) in [5, 5.41) is 9.85. The molecule has 5 N–H and O–H groups in total. The van der Waals surface area contributed by atoms with Crippen molar-refractivity contribution in [2.45, 2.75) is 32.4 Å². The third-order valence-electron chi connectivity index (χ3n) is 2.28. The standard InChI is InChI=1S/C10H17N3O/c1-3-8(11)9(14)7-4-6(2)5-13-10(7)12/h4-5,8-9,14H,3,11H2,1-2H3,(H2,12,13)/t8-,9?/m1/s1. The van der Waals surface area contributed by atoms with E-state index in [4.69, 9.17) is 11.5 Å². The minimum atomic E-state index is -0.729. The molecule has 0 saturated heterocycles. The molecule has 1 aromatic rings. The average Bonchev–Trinajstić information content (AvgIpc) is 2.19. The third kappa shape index (κ3) is 2.21. The predicted molar refractivity (Wildman–Crippen MR) is 56.6 cm³/mol. The normalized spacial score (nSPS) is 15.1. The van der Waals surface area contributed by atoms with E-state index in [0.29, 0.717) is 17.8 Å². The first-order valence-corrected chi connectivity index (χ1v) is 4.72. The molecule has 0 aliphatic rings. The molecule has 0 saturated carbocycles. The van der Waals surface area contributed by atoms with Crippen molar-refractivity contribution in [2.24, 2.45) is 5.73 Å². The molecule has 0 aliphatic heterocycles. The molecule has 0 amide bonds. The molecule has 78 valence electrons. The maximum absolute atomic E-state index is 9.85. The number of aliphatic hydroxyl groups is 1. The van der Waals surface area contributed by atoms with Crippen molar-refractivity contribution in [1.29, 1.82) is 0 Å². The number of nitrogens with zero attached hydrogens (tertiary/aromatic N) is 1. The summed E-state index contributed by atoms with van der Waals surface area (Å²) in [5.41, 5.74) is 13.0. The van der Waals surface area contributed by atoms with Gasteiger partial charge in [0.15, 0.2) is 0 Å². The van der Waals surface area contributed by atoms with Crippen LogP contribution in [0.1, 0.15) is 30.6 Å². The second kappa shape index (κ2) is 4.39. The van der Waals surface area contributed by atoms with E-state index in [9.17, 15) is 5.11 Å². The SMILES string of the molecule is CC[C@@H](N)C(O)c1cc(C)cnc1N. The summed E-state index contributed by atoms with van der Waals surface area (Å²) < 4.78 is 0. The quantitative estimate of drug-likeness (QED) is 0.664. The fourth-order valence-corrected chi connectivity index (χ4v) is 1.29. The average molecular weight is 195 g/mol. The number of aliphatic hydroxyl groups excluding tert-OH is 1. The van der Waals surface area contributed by atoms with Crippen molar-refractivity contribution < 1.29 is 5.11 Å². The number of pyridine rings is 1. The molecule has 1 aromatic heterocycles. The molecule has 1 rings (SSSR count). The number of nitrogens with two attached hydrogens (primary N) is 2. The van der Waals surface area contributed by atoms with Crippen LogP contribution >= 0.6 is 0 Å². The van der Waals surface area contributed by atoms with E-state index in [1.807, 2.05) is 19.9 Å². The van der Waals surface area contributed by atoms with Crippen LogP contribution in [0, 0.1) is 6.92 Å². The number of aryl methyl sites for hydroxylation is 1. The lowest BCUT2D eigenvalue weighted by Gasteiger charge is -2.18. The van der Waals surface area contributed by atoms with E-state index in [1.54, 1.807) is 6.20 Å². The Morgan fingerprint density at radius 1 is 1.57 bits per heavy atom. The molecular formula is C10H17N3O. The van der Waals surface area contributed by atoms with Gasteiger partial charge in [0.05, 0.1) is 6.10 Å². The molecule has 2 atom stereocenters. The van der Waals surface area contributed by atoms with Gasteiger partial charge in [0.25, 0.3) is 0 Å². The summed E-state index contributed by atoms with van der Waals surface area (Å²) in [4.78, 5) is 3.98. The smallest absolute Gasteiger partial charge is 0.129 e. The number of aromatic nitrogens is 1. The maximum atomic E-state index is 9.85. The van der Waals surface area contributed by atoms with E-state index >= 15 is 0 Å². The Morgan fingerprint density at radius 3 is 2.79 bits per heavy atom. The predicted octanol–water partition coefficient (Wildman–Crippen LogP) is 0.743. The van der Waals surface area contributed by atoms with Crippen LogP contribution in [0.15, 0.2) is 12.3 Å². The van der Waals surface area contributed by atoms with E-state index in [1.165, 1.54) is 0 Å². The number of hydrogen-bond acceptors (Lipinski definition) is 4. The molecule has 0 bridgehead atoms. The minimum absolute atomic E-state index is 0.291. The Labute approximate surface area is 83.9 Å². The summed E-state index contributed by atoms with van der Waals surface area (Å²) in [6, 6.07) is 1.53. The third-order valence-corrected chi connectivity index (χ3v) is 2.28. The molecule has 0 aromatic carbocycles. The van der Waals surface area contributed by atoms with Crippen LogP contribution in [0.5, 0.6) is 0 Å². The van der Waals surface area contributed by atoms with E-state index in [0.717, 1.165) is 5.56 Å². The Balaban J connectivity index is 2.99. The number of rotatable bonds is 3. The van der Waals surface area contributed by atoms with Gasteiger partial charge in [0.1, 0.15) is 5.82 Å². The Kier molecular flexibility index (Phi) is 3.43. The lowest BCUT2D eigenvalue weighted by Crippen LogP contribution is -2.28. The van der Waals surface area contributed by atoms with Crippen LogP contribution < -0.4 is 11.5 Å². The summed E-state index contributed by atoms with van der Waals surface area (Å²) in [6.45, 7) is 3.83. The van der Waals surface area contributed by atoms with E-state index in [2.05, 4.69) is 4.98 Å². The molecule has 4 heteroatoms. The second-order valence-corrected chi connectivity index (χ2v) is 3.50. The minimum Gasteiger partial charge on any atom is -0.387 e. The fourth-order valence-electron chi connectivity index (χ4n) is 1.29. The Bertz CT molecular complexity index is 314. The lowest BCUT2D eigenvalue weighted by molar-refractivity contribution is 0.145. The van der Waals surface area contributed by atoms with Crippen molar-refractivity contribution in [3.8, 4) is 0 Å². The molecule has 4 nitrogen and oxygen atoms in total. The summed E-state index contributed by atoms with van der Waals surface area (Å²) >= 11 is 0. The number of anilines is 1. The van der Waals surface area contributed by atoms with Gasteiger partial charge >= 0.3 is 0 Å². The number of nitrogen functional groups attached to an aromatic ring is 1. The van der Waals surface area contributed by atoms with Crippen LogP contribution in [-0.2, 0) is 0 Å². The van der Waals surface area contributed by atoms with Gasteiger partial charge in [-0.3, -0.25) is 0 Å². The van der Waals surface area contributed by atoms with Crippen LogP contribution in [0.2, 0.25) is 0 Å². The van der Waals surface area contributed by atoms with Crippen molar-refractivity contribution in [3.63, 3.8) is 0 Å². The highest BCUT2D eigenvalue weighted by Crippen LogP contribution is 2.22. The fraction of sp³-hybridized carbons (Fsp3) is 0.500. The van der Waals surface area contributed by atoms with Crippen molar-refractivity contribution in [2.75, 3.05) is 5.73 Å². The zero-order valence-electron chi connectivity index (χ0n) is 8.57. The summed E-state index contributed by atoms with van der Waals surface area (Å²) in [5.74, 6) is 0.354. The molecule has 0 spiro atoms. The van der Waals surface area contributed by atoms with Crippen molar-refractivity contribution in [3.05, 3.63) is 23.4 Å². The van der Waals surface area contributed by atoms with Crippen LogP contribution in [-0.4, -0.2) is 16.1 Å². The number of hydrogen-bond donors (Lipinski definition) is 3. The van der Waals surface area contributed by atoms with Crippen molar-refractivity contribution >= 4 is 5.82 Å². The summed E-state index contributed by atoms with van der Waals surface area (Å²) in [7, 11) is 0. The van der Waals surface area contributed by atoms with Gasteiger partial charge in [-0.1, -0.05) is 6.92 Å². The van der Waals surface area contributed by atoms with Gasteiger partial charge in [-0.05, 0) is 25.0 Å². The molecule has 14 heavy (non-hydrogen) atoms. The topological polar surface area (TPSA) is 85.2 Å². The lowest BCUT2D eigenvalue weighted by atomic mass is 10.0. The second-order valence-electron chi connectivity index (χ2n) is 3.50. The first kappa shape index (κ1) is 10.9. The molecule has 0 aliphatic carbocycles. The highest BCUT2D eigenvalue weighted by atomic mass is 16.3. The van der Waals surface area contributed by atoms with Crippen LogP contribution in [0.25, 0.3) is 0 Å². The monoisotopic (exact) mass is 195 g/mol. The highest BCUT2D eigenvalue weighted by Gasteiger charge is 2.18. The van der Waals surface area contributed by atoms with Gasteiger partial charge in [0.2, 0.25) is 0 Å². The first-order chi connectivity index (χ1) is 6.56. The van der Waals surface area contributed by atoms with Gasteiger partial charge in [0, 0.05) is 17.8 Å². The maximum Gasteiger partial charge on any atom is 0.129 e. The van der Waals surface area contributed by atoms with Gasteiger partial charge in [-0.15, -0.1) is 0 Å². The molecule has 0 radical (unpaired) electrons. The zero-order chi connectivity index (χ0) is 10.7. The first-order valence-electron chi connectivity index (χ1n) is 4.72. The van der Waals surface area contributed by atoms with E-state index < -0.39 is 6.10 Å². The van der Waals surface area contributed by atoms with Crippen LogP contribution in [0.3, 0.4) is 0 Å². The molecule has 1 heterocycles. The van der Waals surface area contributed by atoms with E-state index in [-0.39, 0.29) is 6.04 Å². The largest absolute Gasteiger partial charge is 0.387 e. The van der Waals surface area contributed by atoms with Gasteiger partial charge < -0.3 is 16.6 Å². The Hall–Kier alpha value is -1.13. The van der Waals surface area contributed by atoms with Gasteiger partial charge in [-0.2, -0.15) is 0 Å². The van der Waals surface area contributed by atoms with Crippen molar-refractivity contribution in [1.82, 2.24) is 4.98 Å². The highest BCUT2D eigenvalue weighted by molar-refractivity contribution is 5.42. The zero-order valence-corrected chi connectivity index (χ0v) is 8.57. The van der Waals surface area contributed by atoms with Crippen LogP contribution in [0.4, 0.5) is 5.82 Å². The molecule has 1 unspecified atom stereocenters. The van der Waals surface area contributed by atoms with Gasteiger partial charge in [-0.25, -0.2) is 4.98 Å². The molecular weight excluding hydrogens is 178 g/mol. The summed E-state index contributed by atoms with van der Waals surface area (Å²) in [6.07, 6.45) is 1.64.